The average molecular weight is 338 g/mol. The number of esters is 1. The third kappa shape index (κ3) is 3.71. The molecule has 1 heterocycles. The molecule has 25 heavy (non-hydrogen) atoms. The summed E-state index contributed by atoms with van der Waals surface area (Å²) in [6, 6.07) is 14.2. The van der Waals surface area contributed by atoms with Gasteiger partial charge in [-0.2, -0.15) is 0 Å². The number of carbonyl (C=O) groups excluding carboxylic acids is 1. The second kappa shape index (κ2) is 7.21. The van der Waals surface area contributed by atoms with E-state index in [0.717, 1.165) is 5.56 Å². The molecule has 1 N–H and O–H groups in total. The molecule has 0 aliphatic carbocycles. The fraction of sp³-hybridized carbons (Fsp3) is 0.200. The van der Waals surface area contributed by atoms with Gasteiger partial charge in [-0.05, 0) is 43.0 Å². The third-order valence-electron chi connectivity index (χ3n) is 3.98. The van der Waals surface area contributed by atoms with Gasteiger partial charge in [0.1, 0.15) is 17.1 Å². The van der Waals surface area contributed by atoms with E-state index in [2.05, 4.69) is 0 Å². The molecule has 0 fully saturated rings. The largest absolute Gasteiger partial charge is 0.507 e. The number of carbonyl (C=O) groups is 1. The minimum Gasteiger partial charge on any atom is -0.507 e. The highest BCUT2D eigenvalue weighted by Gasteiger charge is 2.14. The van der Waals surface area contributed by atoms with Crippen LogP contribution in [0.15, 0.2) is 57.7 Å². The normalized spacial score (nSPS) is 10.8. The van der Waals surface area contributed by atoms with Gasteiger partial charge in [0.2, 0.25) is 0 Å². The average Bonchev–Trinajstić information content (AvgIpc) is 2.58. The molecule has 2 aromatic carbocycles. The fourth-order valence-electron chi connectivity index (χ4n) is 2.81. The smallest absolute Gasteiger partial charge is 0.343 e. The number of rotatable bonds is 5. The van der Waals surface area contributed by atoms with Crippen molar-refractivity contribution in [3.05, 3.63) is 70.1 Å². The number of aryl methyl sites for hydroxylation is 1. The van der Waals surface area contributed by atoms with Crippen LogP contribution in [0.3, 0.4) is 0 Å². The van der Waals surface area contributed by atoms with Gasteiger partial charge < -0.3 is 14.3 Å². The van der Waals surface area contributed by atoms with Crippen LogP contribution in [0, 0.1) is 0 Å². The van der Waals surface area contributed by atoms with Crippen LogP contribution >= 0.6 is 0 Å². The summed E-state index contributed by atoms with van der Waals surface area (Å²) in [6.45, 7) is 1.36. The molecule has 0 spiro atoms. The molecule has 0 saturated carbocycles. The predicted octanol–water partition coefficient (Wildman–Crippen LogP) is 3.60. The van der Waals surface area contributed by atoms with E-state index in [-0.39, 0.29) is 17.3 Å². The molecule has 0 saturated heterocycles. The first-order valence-corrected chi connectivity index (χ1v) is 8.06. The van der Waals surface area contributed by atoms with Crippen molar-refractivity contribution in [3.8, 4) is 11.5 Å². The highest BCUT2D eigenvalue weighted by atomic mass is 16.5. The summed E-state index contributed by atoms with van der Waals surface area (Å²) >= 11 is 0. The summed E-state index contributed by atoms with van der Waals surface area (Å²) in [5.74, 6) is 0.116. The molecular weight excluding hydrogens is 320 g/mol. The van der Waals surface area contributed by atoms with Crippen LogP contribution in [-0.4, -0.2) is 11.1 Å². The van der Waals surface area contributed by atoms with Crippen LogP contribution in [0.1, 0.15) is 24.5 Å². The van der Waals surface area contributed by atoms with Gasteiger partial charge in [0.05, 0.1) is 10.9 Å². The van der Waals surface area contributed by atoms with Crippen molar-refractivity contribution < 1.29 is 19.1 Å². The zero-order chi connectivity index (χ0) is 17.8. The topological polar surface area (TPSA) is 76.7 Å². The number of fused-ring (bicyclic) bond motifs is 1. The van der Waals surface area contributed by atoms with Crippen LogP contribution in [0.5, 0.6) is 11.5 Å². The first-order valence-electron chi connectivity index (χ1n) is 8.06. The van der Waals surface area contributed by atoms with Gasteiger partial charge in [0, 0.05) is 6.92 Å². The zero-order valence-corrected chi connectivity index (χ0v) is 13.8. The van der Waals surface area contributed by atoms with E-state index in [9.17, 15) is 14.7 Å². The standard InChI is InChI=1S/C20H18O5/c1-13(21)24-17-11-4-2-7-14(17)8-6-10-16-19(22)15-9-3-5-12-18(15)25-20(16)23/h2-5,7,9,11-12,22H,6,8,10H2,1H3. The van der Waals surface area contributed by atoms with Crippen molar-refractivity contribution in [1.29, 1.82) is 0 Å². The number of benzene rings is 2. The van der Waals surface area contributed by atoms with E-state index in [1.165, 1.54) is 6.92 Å². The van der Waals surface area contributed by atoms with Crippen LogP contribution in [0.2, 0.25) is 0 Å². The van der Waals surface area contributed by atoms with Crippen LogP contribution in [0.4, 0.5) is 0 Å². The van der Waals surface area contributed by atoms with Crippen molar-refractivity contribution >= 4 is 16.9 Å². The van der Waals surface area contributed by atoms with E-state index >= 15 is 0 Å². The number of aromatic hydroxyl groups is 1. The van der Waals surface area contributed by atoms with E-state index in [1.807, 2.05) is 12.1 Å². The molecule has 0 atom stereocenters. The molecule has 3 aromatic rings. The van der Waals surface area contributed by atoms with E-state index < -0.39 is 5.63 Å². The fourth-order valence-corrected chi connectivity index (χ4v) is 2.81. The maximum Gasteiger partial charge on any atom is 0.343 e. The van der Waals surface area contributed by atoms with Crippen LogP contribution < -0.4 is 10.4 Å². The lowest BCUT2D eigenvalue weighted by Gasteiger charge is -2.09. The molecule has 128 valence electrons. The molecule has 0 aliphatic rings. The minimum absolute atomic E-state index is 0.0277. The lowest BCUT2D eigenvalue weighted by atomic mass is 10.0. The van der Waals surface area contributed by atoms with E-state index in [0.29, 0.717) is 36.0 Å². The SMILES string of the molecule is CC(=O)Oc1ccccc1CCCc1c(O)c2ccccc2oc1=O. The molecular formula is C20H18O5. The van der Waals surface area contributed by atoms with E-state index in [1.54, 1.807) is 36.4 Å². The second-order valence-corrected chi connectivity index (χ2v) is 5.77. The summed E-state index contributed by atoms with van der Waals surface area (Å²) in [7, 11) is 0. The van der Waals surface area contributed by atoms with Gasteiger partial charge in [-0.1, -0.05) is 30.3 Å². The highest BCUT2D eigenvalue weighted by Crippen LogP contribution is 2.27. The quantitative estimate of drug-likeness (QED) is 0.437. The van der Waals surface area contributed by atoms with Crippen LogP contribution in [-0.2, 0) is 17.6 Å². The summed E-state index contributed by atoms with van der Waals surface area (Å²) in [4.78, 5) is 23.3. The Morgan fingerprint density at radius 2 is 1.80 bits per heavy atom. The van der Waals surface area contributed by atoms with Crippen molar-refractivity contribution in [3.63, 3.8) is 0 Å². The Bertz CT molecular complexity index is 971. The van der Waals surface area contributed by atoms with Crippen molar-refractivity contribution in [1.82, 2.24) is 0 Å². The van der Waals surface area contributed by atoms with Gasteiger partial charge in [0.25, 0.3) is 0 Å². The van der Waals surface area contributed by atoms with Crippen LogP contribution in [0.25, 0.3) is 11.0 Å². The summed E-state index contributed by atoms with van der Waals surface area (Å²) in [6.07, 6.45) is 1.58. The summed E-state index contributed by atoms with van der Waals surface area (Å²) in [5.41, 5.74) is 0.990. The van der Waals surface area contributed by atoms with Crippen molar-refractivity contribution in [2.24, 2.45) is 0 Å². The highest BCUT2D eigenvalue weighted by molar-refractivity contribution is 5.83. The van der Waals surface area contributed by atoms with Crippen molar-refractivity contribution in [2.45, 2.75) is 26.2 Å². The Labute approximate surface area is 144 Å². The van der Waals surface area contributed by atoms with Crippen molar-refractivity contribution in [2.75, 3.05) is 0 Å². The Morgan fingerprint density at radius 1 is 1.08 bits per heavy atom. The first-order chi connectivity index (χ1) is 12.1. The lowest BCUT2D eigenvalue weighted by Crippen LogP contribution is -2.09. The number of para-hydroxylation sites is 2. The minimum atomic E-state index is -0.524. The molecule has 0 unspecified atom stereocenters. The summed E-state index contributed by atoms with van der Waals surface area (Å²) < 4.78 is 10.5. The molecule has 5 heteroatoms. The zero-order valence-electron chi connectivity index (χ0n) is 13.8. The second-order valence-electron chi connectivity index (χ2n) is 5.77. The van der Waals surface area contributed by atoms with Gasteiger partial charge in [0.15, 0.2) is 0 Å². The van der Waals surface area contributed by atoms with E-state index in [4.69, 9.17) is 9.15 Å². The Hall–Kier alpha value is -3.08. The lowest BCUT2D eigenvalue weighted by molar-refractivity contribution is -0.131. The maximum atomic E-state index is 12.1. The molecule has 3 rings (SSSR count). The Balaban J connectivity index is 1.78. The first kappa shape index (κ1) is 16.8. The predicted molar refractivity (Wildman–Crippen MR) is 93.9 cm³/mol. The van der Waals surface area contributed by atoms with Gasteiger partial charge in [-0.3, -0.25) is 4.79 Å². The third-order valence-corrected chi connectivity index (χ3v) is 3.98. The van der Waals surface area contributed by atoms with Gasteiger partial charge in [-0.25, -0.2) is 4.79 Å². The molecule has 1 aromatic heterocycles. The van der Waals surface area contributed by atoms with Gasteiger partial charge in [-0.15, -0.1) is 0 Å². The molecule has 0 aliphatic heterocycles. The Kier molecular flexibility index (Phi) is 4.84. The number of ether oxygens (including phenoxy) is 1. The summed E-state index contributed by atoms with van der Waals surface area (Å²) in [5, 5.41) is 10.9. The van der Waals surface area contributed by atoms with Gasteiger partial charge >= 0.3 is 11.6 Å². The molecule has 0 radical (unpaired) electrons. The molecule has 0 amide bonds. The molecule has 5 nitrogen and oxygen atoms in total. The monoisotopic (exact) mass is 338 g/mol. The molecule has 0 bridgehead atoms. The maximum absolute atomic E-state index is 12.1. The number of hydrogen-bond donors (Lipinski definition) is 1. The Morgan fingerprint density at radius 3 is 2.60 bits per heavy atom. The number of hydrogen-bond acceptors (Lipinski definition) is 5.